The highest BCUT2D eigenvalue weighted by molar-refractivity contribution is 5.99. The van der Waals surface area contributed by atoms with Crippen molar-refractivity contribution in [1.29, 1.82) is 0 Å². The van der Waals surface area contributed by atoms with Crippen LogP contribution >= 0.6 is 0 Å². The van der Waals surface area contributed by atoms with Crippen molar-refractivity contribution < 1.29 is 18.4 Å². The van der Waals surface area contributed by atoms with Gasteiger partial charge >= 0.3 is 6.03 Å². The number of aromatic nitrogens is 2. The van der Waals surface area contributed by atoms with Crippen LogP contribution < -0.4 is 15.5 Å². The summed E-state index contributed by atoms with van der Waals surface area (Å²) in [6, 6.07) is 3.26. The third-order valence-corrected chi connectivity index (χ3v) is 2.06. The monoisotopic (exact) mass is 266 g/mol. The Balaban J connectivity index is 2.05. The topological polar surface area (TPSA) is 81.0 Å². The van der Waals surface area contributed by atoms with Crippen molar-refractivity contribution in [2.75, 3.05) is 10.6 Å². The first-order valence-electron chi connectivity index (χ1n) is 5.12. The van der Waals surface area contributed by atoms with Crippen molar-refractivity contribution >= 4 is 17.4 Å². The Hall–Kier alpha value is -2.77. The molecule has 0 bridgehead atoms. The molecule has 0 aliphatic heterocycles. The second kappa shape index (κ2) is 5.25. The smallest absolute Gasteiger partial charge is 0.323 e. The van der Waals surface area contributed by atoms with Gasteiger partial charge < -0.3 is 15.8 Å². The van der Waals surface area contributed by atoms with Crippen LogP contribution in [0.25, 0.3) is 0 Å². The first-order valence-corrected chi connectivity index (χ1v) is 5.12. The van der Waals surface area contributed by atoms with Crippen molar-refractivity contribution in [2.45, 2.75) is 0 Å². The van der Waals surface area contributed by atoms with Crippen LogP contribution in [-0.2, 0) is 0 Å². The maximum Gasteiger partial charge on any atom is 0.323 e. The zero-order valence-electron chi connectivity index (χ0n) is 9.43. The number of carbonyl (C=O) groups is 1. The minimum atomic E-state index is -0.809. The van der Waals surface area contributed by atoms with Gasteiger partial charge in [0.25, 0.3) is 0 Å². The Morgan fingerprint density at radius 2 is 1.79 bits per heavy atom. The standard InChI is InChI=1S/C11H8F2N4O2/c12-7-3-8(13)5-10(4-7)16-11(18)15-9-1-2-14-17(19)6-9/h1-6H,(H2,15,16,18). The van der Waals surface area contributed by atoms with Gasteiger partial charge in [0.05, 0.1) is 6.20 Å². The van der Waals surface area contributed by atoms with Crippen molar-refractivity contribution in [2.24, 2.45) is 0 Å². The predicted octanol–water partition coefficient (Wildman–Crippen LogP) is 1.64. The Morgan fingerprint density at radius 1 is 1.16 bits per heavy atom. The molecule has 2 rings (SSSR count). The van der Waals surface area contributed by atoms with Crippen molar-refractivity contribution in [3.63, 3.8) is 0 Å². The lowest BCUT2D eigenvalue weighted by atomic mass is 10.3. The number of halogens is 2. The van der Waals surface area contributed by atoms with E-state index in [0.717, 1.165) is 18.3 Å². The molecule has 0 atom stereocenters. The summed E-state index contributed by atoms with van der Waals surface area (Å²) in [6.45, 7) is 0. The highest BCUT2D eigenvalue weighted by Crippen LogP contribution is 2.13. The molecule has 8 heteroatoms. The van der Waals surface area contributed by atoms with Gasteiger partial charge in [-0.15, -0.1) is 0 Å². The van der Waals surface area contributed by atoms with Gasteiger partial charge in [-0.25, -0.2) is 13.6 Å². The molecule has 6 nitrogen and oxygen atoms in total. The molecule has 0 radical (unpaired) electrons. The molecule has 1 aromatic carbocycles. The van der Waals surface area contributed by atoms with E-state index in [1.807, 2.05) is 0 Å². The van der Waals surface area contributed by atoms with E-state index < -0.39 is 17.7 Å². The molecule has 2 amide bonds. The lowest BCUT2D eigenvalue weighted by Gasteiger charge is -2.06. The summed E-state index contributed by atoms with van der Waals surface area (Å²) in [4.78, 5) is 11.8. The number of nitrogens with one attached hydrogen (secondary N) is 2. The summed E-state index contributed by atoms with van der Waals surface area (Å²) in [6.07, 6.45) is 2.23. The number of rotatable bonds is 2. The van der Waals surface area contributed by atoms with Gasteiger partial charge in [0, 0.05) is 16.9 Å². The fourth-order valence-corrected chi connectivity index (χ4v) is 1.37. The van der Waals surface area contributed by atoms with Gasteiger partial charge in [-0.1, -0.05) is 4.85 Å². The molecular weight excluding hydrogens is 258 g/mol. The first-order chi connectivity index (χ1) is 9.02. The number of benzene rings is 1. The van der Waals surface area contributed by atoms with E-state index in [4.69, 9.17) is 0 Å². The quantitative estimate of drug-likeness (QED) is 0.640. The Morgan fingerprint density at radius 3 is 2.42 bits per heavy atom. The van der Waals surface area contributed by atoms with Crippen molar-refractivity contribution in [1.82, 2.24) is 5.10 Å². The second-order valence-electron chi connectivity index (χ2n) is 3.56. The fourth-order valence-electron chi connectivity index (χ4n) is 1.37. The van der Waals surface area contributed by atoms with Crippen LogP contribution in [-0.4, -0.2) is 11.1 Å². The van der Waals surface area contributed by atoms with Crippen LogP contribution in [0.2, 0.25) is 0 Å². The molecule has 0 saturated carbocycles. The molecule has 0 fully saturated rings. The highest BCUT2D eigenvalue weighted by Gasteiger charge is 2.07. The van der Waals surface area contributed by atoms with E-state index in [2.05, 4.69) is 15.7 Å². The first kappa shape index (κ1) is 12.7. The molecule has 2 N–H and O–H groups in total. The van der Waals surface area contributed by atoms with Crippen LogP contribution in [0.4, 0.5) is 25.0 Å². The molecule has 98 valence electrons. The SMILES string of the molecule is O=C(Nc1cc(F)cc(F)c1)Nc1ccn[n+]([O-])c1. The van der Waals surface area contributed by atoms with Gasteiger partial charge in [0.2, 0.25) is 6.20 Å². The zero-order valence-corrected chi connectivity index (χ0v) is 9.43. The summed E-state index contributed by atoms with van der Waals surface area (Å²) in [5.41, 5.74) is 0.151. The lowest BCUT2D eigenvalue weighted by Crippen LogP contribution is -2.31. The third kappa shape index (κ3) is 3.60. The summed E-state index contributed by atoms with van der Waals surface area (Å²) in [7, 11) is 0. The number of nitrogens with zero attached hydrogens (tertiary/aromatic N) is 2. The largest absolute Gasteiger partial charge is 0.594 e. The second-order valence-corrected chi connectivity index (χ2v) is 3.56. The van der Waals surface area contributed by atoms with E-state index in [1.165, 1.54) is 12.3 Å². The van der Waals surface area contributed by atoms with Crippen LogP contribution in [0.3, 0.4) is 0 Å². The van der Waals surface area contributed by atoms with Gasteiger partial charge in [-0.05, 0) is 18.2 Å². The molecule has 0 spiro atoms. The molecule has 0 aliphatic rings. The van der Waals surface area contributed by atoms with E-state index >= 15 is 0 Å². The number of urea groups is 1. The van der Waals surface area contributed by atoms with E-state index in [0.29, 0.717) is 6.07 Å². The number of carbonyl (C=O) groups excluding carboxylic acids is 1. The molecule has 0 unspecified atom stereocenters. The van der Waals surface area contributed by atoms with Crippen LogP contribution in [0.1, 0.15) is 0 Å². The number of hydrogen-bond donors (Lipinski definition) is 2. The minimum Gasteiger partial charge on any atom is -0.594 e. The van der Waals surface area contributed by atoms with Crippen molar-refractivity contribution in [3.05, 3.63) is 53.5 Å². The van der Waals surface area contributed by atoms with Crippen LogP contribution in [0.15, 0.2) is 36.7 Å². The van der Waals surface area contributed by atoms with E-state index in [1.54, 1.807) is 0 Å². The normalized spacial score (nSPS) is 10.0. The summed E-state index contributed by atoms with van der Waals surface area (Å²) in [5, 5.41) is 18.7. The predicted molar refractivity (Wildman–Crippen MR) is 62.2 cm³/mol. The van der Waals surface area contributed by atoms with Crippen LogP contribution in [0.5, 0.6) is 0 Å². The molecular formula is C11H8F2N4O2. The van der Waals surface area contributed by atoms with E-state index in [-0.39, 0.29) is 16.2 Å². The number of hydrogen-bond acceptors (Lipinski definition) is 3. The lowest BCUT2D eigenvalue weighted by molar-refractivity contribution is -0.668. The average Bonchev–Trinajstić information content (AvgIpc) is 2.26. The maximum atomic E-state index is 12.9. The summed E-state index contributed by atoms with van der Waals surface area (Å²) >= 11 is 0. The molecule has 0 aliphatic carbocycles. The Kier molecular flexibility index (Phi) is 3.51. The fraction of sp³-hybridized carbons (Fsp3) is 0. The van der Waals surface area contributed by atoms with Crippen molar-refractivity contribution in [3.8, 4) is 0 Å². The van der Waals surface area contributed by atoms with Crippen LogP contribution in [0, 0.1) is 16.8 Å². The molecule has 19 heavy (non-hydrogen) atoms. The van der Waals surface area contributed by atoms with Gasteiger partial charge in [-0.2, -0.15) is 0 Å². The molecule has 2 aromatic rings. The number of anilines is 2. The van der Waals surface area contributed by atoms with E-state index in [9.17, 15) is 18.8 Å². The Bertz CT molecular complexity index is 601. The summed E-state index contributed by atoms with van der Waals surface area (Å²) < 4.78 is 25.8. The van der Waals surface area contributed by atoms with Gasteiger partial charge in [0.1, 0.15) is 17.3 Å². The third-order valence-electron chi connectivity index (χ3n) is 2.06. The average molecular weight is 266 g/mol. The molecule has 1 aromatic heterocycles. The molecule has 0 saturated heterocycles. The summed E-state index contributed by atoms with van der Waals surface area (Å²) in [5.74, 6) is -1.62. The minimum absolute atomic E-state index is 0.0425. The highest BCUT2D eigenvalue weighted by atomic mass is 19.1. The zero-order chi connectivity index (χ0) is 13.8. The van der Waals surface area contributed by atoms with Gasteiger partial charge in [0.15, 0.2) is 0 Å². The number of amides is 2. The van der Waals surface area contributed by atoms with Gasteiger partial charge in [-0.3, -0.25) is 0 Å². The maximum absolute atomic E-state index is 12.9. The Labute approximate surface area is 106 Å². The molecule has 1 heterocycles.